The van der Waals surface area contributed by atoms with Gasteiger partial charge in [0.1, 0.15) is 0 Å². The third kappa shape index (κ3) is 4.22. The highest BCUT2D eigenvalue weighted by atomic mass is 79.9. The van der Waals surface area contributed by atoms with Crippen LogP contribution in [0, 0.1) is 5.92 Å². The van der Waals surface area contributed by atoms with E-state index in [1.807, 2.05) is 0 Å². The van der Waals surface area contributed by atoms with Crippen molar-refractivity contribution in [2.24, 2.45) is 5.92 Å². The summed E-state index contributed by atoms with van der Waals surface area (Å²) >= 11 is 2.91. The van der Waals surface area contributed by atoms with Crippen molar-refractivity contribution in [2.75, 3.05) is 6.54 Å². The first-order valence-corrected chi connectivity index (χ1v) is 6.30. The average Bonchev–Trinajstić information content (AvgIpc) is 2.34. The highest BCUT2D eigenvalue weighted by molar-refractivity contribution is 9.10. The lowest BCUT2D eigenvalue weighted by Gasteiger charge is -2.14. The van der Waals surface area contributed by atoms with E-state index >= 15 is 0 Å². The molecule has 0 radical (unpaired) electrons. The summed E-state index contributed by atoms with van der Waals surface area (Å²) in [5.41, 5.74) is -1.62. The zero-order chi connectivity index (χ0) is 15.5. The lowest BCUT2D eigenvalue weighted by molar-refractivity contribution is -0.141. The molecule has 1 atom stereocenters. The van der Waals surface area contributed by atoms with Crippen LogP contribution >= 0.6 is 15.9 Å². The molecule has 1 rings (SSSR count). The summed E-state index contributed by atoms with van der Waals surface area (Å²) in [5, 5.41) is 10.8. The number of hydrogen-bond donors (Lipinski definition) is 2. The molecule has 0 saturated heterocycles. The van der Waals surface area contributed by atoms with E-state index < -0.39 is 35.1 Å². The summed E-state index contributed by atoms with van der Waals surface area (Å²) in [4.78, 5) is 22.3. The second-order valence-corrected chi connectivity index (χ2v) is 5.05. The van der Waals surface area contributed by atoms with Crippen molar-refractivity contribution in [1.29, 1.82) is 0 Å². The fourth-order valence-corrected chi connectivity index (χ4v) is 1.74. The quantitative estimate of drug-likeness (QED) is 0.874. The van der Waals surface area contributed by atoms with Crippen LogP contribution in [0.25, 0.3) is 0 Å². The minimum absolute atomic E-state index is 0.195. The van der Waals surface area contributed by atoms with Gasteiger partial charge < -0.3 is 10.4 Å². The Morgan fingerprint density at radius 1 is 1.40 bits per heavy atom. The van der Waals surface area contributed by atoms with Gasteiger partial charge in [0.05, 0.1) is 17.0 Å². The van der Waals surface area contributed by atoms with Gasteiger partial charge in [0.2, 0.25) is 0 Å². The third-order valence-electron chi connectivity index (χ3n) is 2.52. The van der Waals surface area contributed by atoms with Crippen LogP contribution in [0.1, 0.15) is 22.8 Å². The summed E-state index contributed by atoms with van der Waals surface area (Å²) in [5.74, 6) is -2.99. The maximum absolute atomic E-state index is 12.8. The number of amides is 1. The molecule has 0 fully saturated rings. The van der Waals surface area contributed by atoms with E-state index in [0.717, 1.165) is 12.1 Å². The lowest BCUT2D eigenvalue weighted by Crippen LogP contribution is -2.32. The lowest BCUT2D eigenvalue weighted by atomic mass is 10.1. The number of carbonyl (C=O) groups excluding carboxylic acids is 1. The van der Waals surface area contributed by atoms with Crippen molar-refractivity contribution in [3.8, 4) is 0 Å². The maximum atomic E-state index is 12.8. The molecule has 0 saturated carbocycles. The van der Waals surface area contributed by atoms with Gasteiger partial charge in [-0.05, 0) is 18.2 Å². The van der Waals surface area contributed by atoms with Crippen LogP contribution in [0.5, 0.6) is 0 Å². The van der Waals surface area contributed by atoms with Gasteiger partial charge in [0.15, 0.2) is 0 Å². The van der Waals surface area contributed by atoms with Crippen LogP contribution < -0.4 is 5.32 Å². The number of hydrogen-bond acceptors (Lipinski definition) is 2. The molecule has 0 heterocycles. The summed E-state index contributed by atoms with van der Waals surface area (Å²) in [6.07, 6.45) is -4.67. The van der Waals surface area contributed by atoms with E-state index in [-0.39, 0.29) is 11.0 Å². The van der Waals surface area contributed by atoms with Crippen molar-refractivity contribution in [1.82, 2.24) is 5.32 Å². The molecule has 1 amide bonds. The van der Waals surface area contributed by atoms with E-state index in [0.29, 0.717) is 0 Å². The average molecular weight is 354 g/mol. The largest absolute Gasteiger partial charge is 0.481 e. The maximum Gasteiger partial charge on any atom is 0.417 e. The van der Waals surface area contributed by atoms with E-state index in [9.17, 15) is 22.8 Å². The molecule has 8 heteroatoms. The molecular weight excluding hydrogens is 343 g/mol. The number of aliphatic carboxylic acids is 1. The normalized spacial score (nSPS) is 12.8. The van der Waals surface area contributed by atoms with Gasteiger partial charge in [-0.1, -0.05) is 22.9 Å². The van der Waals surface area contributed by atoms with Gasteiger partial charge in [-0.25, -0.2) is 0 Å². The van der Waals surface area contributed by atoms with E-state index in [1.165, 1.54) is 13.0 Å². The van der Waals surface area contributed by atoms with Gasteiger partial charge in [0, 0.05) is 11.0 Å². The molecule has 0 aromatic heterocycles. The SMILES string of the molecule is CC(CNC(=O)c1ccc(Br)cc1C(F)(F)F)C(=O)O. The number of nitrogens with one attached hydrogen (secondary N) is 1. The molecule has 0 bridgehead atoms. The van der Waals surface area contributed by atoms with E-state index in [2.05, 4.69) is 21.2 Å². The van der Waals surface area contributed by atoms with Crippen LogP contribution in [0.4, 0.5) is 13.2 Å². The van der Waals surface area contributed by atoms with Crippen molar-refractivity contribution in [2.45, 2.75) is 13.1 Å². The first-order valence-electron chi connectivity index (χ1n) is 5.50. The Morgan fingerprint density at radius 2 is 2.00 bits per heavy atom. The van der Waals surface area contributed by atoms with E-state index in [4.69, 9.17) is 5.11 Å². The fourth-order valence-electron chi connectivity index (χ4n) is 1.38. The summed E-state index contributed by atoms with van der Waals surface area (Å²) in [6, 6.07) is 3.15. The number of halogens is 4. The Kier molecular flexibility index (Phi) is 5.15. The molecule has 2 N–H and O–H groups in total. The van der Waals surface area contributed by atoms with Gasteiger partial charge in [-0.2, -0.15) is 13.2 Å². The zero-order valence-electron chi connectivity index (χ0n) is 10.3. The predicted molar refractivity (Wildman–Crippen MR) is 68.3 cm³/mol. The first-order chi connectivity index (χ1) is 9.12. The molecule has 0 aliphatic rings. The van der Waals surface area contributed by atoms with Crippen LogP contribution in [-0.4, -0.2) is 23.5 Å². The summed E-state index contributed by atoms with van der Waals surface area (Å²) in [7, 11) is 0. The Bertz CT molecular complexity index is 531. The number of carboxylic acid groups (broad SMARTS) is 1. The molecule has 0 spiro atoms. The molecule has 4 nitrogen and oxygen atoms in total. The van der Waals surface area contributed by atoms with Gasteiger partial charge in [-0.15, -0.1) is 0 Å². The first kappa shape index (κ1) is 16.5. The monoisotopic (exact) mass is 353 g/mol. The molecule has 1 unspecified atom stereocenters. The standard InChI is InChI=1S/C12H11BrF3NO3/c1-6(11(19)20)5-17-10(18)8-3-2-7(13)4-9(8)12(14,15)16/h2-4,6H,5H2,1H3,(H,17,18)(H,19,20). The second kappa shape index (κ2) is 6.25. The zero-order valence-corrected chi connectivity index (χ0v) is 11.9. The van der Waals surface area contributed by atoms with Gasteiger partial charge in [0.25, 0.3) is 5.91 Å². The Morgan fingerprint density at radius 3 is 2.50 bits per heavy atom. The minimum Gasteiger partial charge on any atom is -0.481 e. The van der Waals surface area contributed by atoms with Gasteiger partial charge in [-0.3, -0.25) is 9.59 Å². The highest BCUT2D eigenvalue weighted by Crippen LogP contribution is 2.33. The number of carbonyl (C=O) groups is 2. The predicted octanol–water partition coefficient (Wildman–Crippen LogP) is 2.92. The van der Waals surface area contributed by atoms with Crippen molar-refractivity contribution in [3.63, 3.8) is 0 Å². The van der Waals surface area contributed by atoms with Crippen molar-refractivity contribution < 1.29 is 27.9 Å². The Balaban J connectivity index is 2.96. The fraction of sp³-hybridized carbons (Fsp3) is 0.333. The summed E-state index contributed by atoms with van der Waals surface area (Å²) in [6.45, 7) is 1.09. The molecule has 110 valence electrons. The highest BCUT2D eigenvalue weighted by Gasteiger charge is 2.35. The van der Waals surface area contributed by atoms with Crippen LogP contribution in [-0.2, 0) is 11.0 Å². The Hall–Kier alpha value is -1.57. The van der Waals surface area contributed by atoms with Crippen molar-refractivity contribution >= 4 is 27.8 Å². The third-order valence-corrected chi connectivity index (χ3v) is 3.02. The number of carboxylic acids is 1. The molecule has 1 aromatic carbocycles. The smallest absolute Gasteiger partial charge is 0.417 e. The number of rotatable bonds is 4. The Labute approximate surface area is 121 Å². The van der Waals surface area contributed by atoms with Crippen LogP contribution in [0.15, 0.2) is 22.7 Å². The molecule has 1 aromatic rings. The molecule has 0 aliphatic carbocycles. The van der Waals surface area contributed by atoms with Crippen molar-refractivity contribution in [3.05, 3.63) is 33.8 Å². The topological polar surface area (TPSA) is 66.4 Å². The van der Waals surface area contributed by atoms with Crippen LogP contribution in [0.3, 0.4) is 0 Å². The molecule has 20 heavy (non-hydrogen) atoms. The second-order valence-electron chi connectivity index (χ2n) is 4.14. The minimum atomic E-state index is -4.67. The summed E-state index contributed by atoms with van der Waals surface area (Å²) < 4.78 is 38.7. The molecule has 0 aliphatic heterocycles. The number of benzene rings is 1. The van der Waals surface area contributed by atoms with Crippen LogP contribution in [0.2, 0.25) is 0 Å². The van der Waals surface area contributed by atoms with E-state index in [1.54, 1.807) is 0 Å². The number of alkyl halides is 3. The van der Waals surface area contributed by atoms with Gasteiger partial charge >= 0.3 is 12.1 Å². The molecular formula is C12H11BrF3NO3.